The molecule has 1 aromatic heterocycles. The molecule has 0 aliphatic carbocycles. The molecule has 23 heavy (non-hydrogen) atoms. The van der Waals surface area contributed by atoms with Crippen LogP contribution in [0.4, 0.5) is 4.39 Å². The number of hydrogen-bond donors (Lipinski definition) is 2. The number of aromatic nitrogens is 1. The van der Waals surface area contributed by atoms with Crippen LogP contribution in [-0.4, -0.2) is 41.0 Å². The van der Waals surface area contributed by atoms with Gasteiger partial charge in [-0.15, -0.1) is 0 Å². The van der Waals surface area contributed by atoms with Gasteiger partial charge in [-0.25, -0.2) is 4.39 Å². The number of carbonyl (C=O) groups excluding carboxylic acids is 1. The molecule has 1 aliphatic rings. The zero-order valence-corrected chi connectivity index (χ0v) is 13.8. The highest BCUT2D eigenvalue weighted by molar-refractivity contribution is 5.98. The van der Waals surface area contributed by atoms with Crippen molar-refractivity contribution in [1.82, 2.24) is 15.2 Å². The highest BCUT2D eigenvalue weighted by Crippen LogP contribution is 2.20. The topological polar surface area (TPSA) is 48.1 Å². The lowest BCUT2D eigenvalue weighted by Crippen LogP contribution is -2.53. The number of hydrogen-bond acceptors (Lipinski definition) is 2. The lowest BCUT2D eigenvalue weighted by atomic mass is 9.98. The number of aromatic amines is 1. The maximum Gasteiger partial charge on any atom is 0.267 e. The number of halogens is 1. The number of carbonyl (C=O) groups is 1. The van der Waals surface area contributed by atoms with E-state index in [4.69, 9.17) is 0 Å². The molecule has 0 unspecified atom stereocenters. The predicted molar refractivity (Wildman–Crippen MR) is 90.1 cm³/mol. The maximum atomic E-state index is 13.2. The largest absolute Gasteiger partial charge is 0.351 e. The normalized spacial score (nSPS) is 16.7. The summed E-state index contributed by atoms with van der Waals surface area (Å²) in [6.45, 7) is 7.11. The minimum atomic E-state index is -0.297. The van der Waals surface area contributed by atoms with Crippen LogP contribution >= 0.6 is 0 Å². The van der Waals surface area contributed by atoms with Crippen LogP contribution in [0.15, 0.2) is 24.3 Å². The van der Waals surface area contributed by atoms with Crippen LogP contribution in [0.3, 0.4) is 0 Å². The number of rotatable bonds is 4. The Morgan fingerprint density at radius 2 is 2.00 bits per heavy atom. The number of benzene rings is 1. The van der Waals surface area contributed by atoms with Gasteiger partial charge in [0, 0.05) is 23.0 Å². The monoisotopic (exact) mass is 317 g/mol. The molecule has 2 aromatic rings. The Labute approximate surface area is 136 Å². The standard InChI is InChI=1S/C18H24FN3O/c1-18(2,22-8-4-3-5-9-22)12-20-17(23)16-11-13-10-14(19)6-7-15(13)21-16/h6-7,10-11,21H,3-5,8-9,12H2,1-2H3,(H,20,23). The Balaban J connectivity index is 1.65. The molecule has 2 N–H and O–H groups in total. The number of amides is 1. The van der Waals surface area contributed by atoms with Gasteiger partial charge < -0.3 is 10.3 Å². The summed E-state index contributed by atoms with van der Waals surface area (Å²) in [6, 6.07) is 6.17. The number of likely N-dealkylation sites (tertiary alicyclic amines) is 1. The van der Waals surface area contributed by atoms with Gasteiger partial charge in [-0.3, -0.25) is 9.69 Å². The molecule has 0 spiro atoms. The minimum Gasteiger partial charge on any atom is -0.351 e. The van der Waals surface area contributed by atoms with E-state index in [9.17, 15) is 9.18 Å². The first-order valence-electron chi connectivity index (χ1n) is 8.27. The van der Waals surface area contributed by atoms with Crippen molar-refractivity contribution in [2.75, 3.05) is 19.6 Å². The van der Waals surface area contributed by atoms with Gasteiger partial charge in [0.1, 0.15) is 11.5 Å². The molecule has 1 aromatic carbocycles. The van der Waals surface area contributed by atoms with E-state index in [-0.39, 0.29) is 17.3 Å². The van der Waals surface area contributed by atoms with Crippen molar-refractivity contribution in [1.29, 1.82) is 0 Å². The van der Waals surface area contributed by atoms with Gasteiger partial charge in [-0.1, -0.05) is 6.42 Å². The van der Waals surface area contributed by atoms with Gasteiger partial charge in [0.2, 0.25) is 0 Å². The molecule has 1 amide bonds. The molecule has 5 heteroatoms. The lowest BCUT2D eigenvalue weighted by molar-refractivity contribution is 0.0795. The van der Waals surface area contributed by atoms with E-state index in [1.807, 2.05) is 0 Å². The van der Waals surface area contributed by atoms with Crippen molar-refractivity contribution in [3.8, 4) is 0 Å². The Morgan fingerprint density at radius 1 is 1.26 bits per heavy atom. The quantitative estimate of drug-likeness (QED) is 0.909. The summed E-state index contributed by atoms with van der Waals surface area (Å²) in [4.78, 5) is 17.9. The first kappa shape index (κ1) is 16.0. The van der Waals surface area contributed by atoms with Crippen molar-refractivity contribution >= 4 is 16.8 Å². The molecule has 0 saturated carbocycles. The van der Waals surface area contributed by atoms with Crippen LogP contribution in [0.25, 0.3) is 10.9 Å². The molecule has 4 nitrogen and oxygen atoms in total. The average Bonchev–Trinajstić information content (AvgIpc) is 2.96. The van der Waals surface area contributed by atoms with Crippen molar-refractivity contribution in [3.05, 3.63) is 35.8 Å². The van der Waals surface area contributed by atoms with Gasteiger partial charge in [0.25, 0.3) is 5.91 Å². The van der Waals surface area contributed by atoms with Crippen molar-refractivity contribution in [2.24, 2.45) is 0 Å². The molecule has 3 rings (SSSR count). The van der Waals surface area contributed by atoms with Crippen LogP contribution in [-0.2, 0) is 0 Å². The summed E-state index contributed by atoms with van der Waals surface area (Å²) >= 11 is 0. The van der Waals surface area contributed by atoms with E-state index >= 15 is 0 Å². The highest BCUT2D eigenvalue weighted by atomic mass is 19.1. The fourth-order valence-electron chi connectivity index (χ4n) is 3.23. The Morgan fingerprint density at radius 3 is 2.74 bits per heavy atom. The molecule has 0 bridgehead atoms. The second-order valence-electron chi connectivity index (χ2n) is 6.96. The number of nitrogens with one attached hydrogen (secondary N) is 2. The fraction of sp³-hybridized carbons (Fsp3) is 0.500. The first-order valence-corrected chi connectivity index (χ1v) is 8.27. The van der Waals surface area contributed by atoms with Crippen LogP contribution in [0.1, 0.15) is 43.6 Å². The summed E-state index contributed by atoms with van der Waals surface area (Å²) < 4.78 is 13.2. The van der Waals surface area contributed by atoms with E-state index in [1.165, 1.54) is 31.4 Å². The zero-order valence-electron chi connectivity index (χ0n) is 13.8. The van der Waals surface area contributed by atoms with Gasteiger partial charge in [-0.05, 0) is 64.0 Å². The Kier molecular flexibility index (Phi) is 4.39. The second kappa shape index (κ2) is 6.32. The maximum absolute atomic E-state index is 13.2. The van der Waals surface area contributed by atoms with Crippen LogP contribution < -0.4 is 5.32 Å². The number of H-pyrrole nitrogens is 1. The summed E-state index contributed by atoms with van der Waals surface area (Å²) in [7, 11) is 0. The Bertz CT molecular complexity index is 701. The third-order valence-electron chi connectivity index (χ3n) is 4.72. The van der Waals surface area contributed by atoms with Crippen LogP contribution in [0.2, 0.25) is 0 Å². The molecular weight excluding hydrogens is 293 g/mol. The van der Waals surface area contributed by atoms with Gasteiger partial charge >= 0.3 is 0 Å². The predicted octanol–water partition coefficient (Wildman–Crippen LogP) is 3.30. The van der Waals surface area contributed by atoms with Gasteiger partial charge in [0.15, 0.2) is 0 Å². The van der Waals surface area contributed by atoms with E-state index in [0.717, 1.165) is 18.6 Å². The number of piperidine rings is 1. The van der Waals surface area contributed by atoms with Gasteiger partial charge in [-0.2, -0.15) is 0 Å². The average molecular weight is 317 g/mol. The van der Waals surface area contributed by atoms with E-state index < -0.39 is 0 Å². The third kappa shape index (κ3) is 3.55. The Hall–Kier alpha value is -1.88. The molecule has 1 saturated heterocycles. The zero-order chi connectivity index (χ0) is 16.4. The molecule has 1 aliphatic heterocycles. The SMILES string of the molecule is CC(C)(CNC(=O)c1cc2cc(F)ccc2[nH]1)N1CCCCC1. The minimum absolute atomic E-state index is 0.0613. The third-order valence-corrected chi connectivity index (χ3v) is 4.72. The van der Waals surface area contributed by atoms with Crippen molar-refractivity contribution in [2.45, 2.75) is 38.6 Å². The molecular formula is C18H24FN3O. The summed E-state index contributed by atoms with van der Waals surface area (Å²) in [5.41, 5.74) is 1.18. The lowest BCUT2D eigenvalue weighted by Gasteiger charge is -2.41. The van der Waals surface area contributed by atoms with E-state index in [0.29, 0.717) is 17.6 Å². The molecule has 124 valence electrons. The van der Waals surface area contributed by atoms with Crippen molar-refractivity contribution in [3.63, 3.8) is 0 Å². The number of nitrogens with zero attached hydrogens (tertiary/aromatic N) is 1. The first-order chi connectivity index (χ1) is 11.0. The second-order valence-corrected chi connectivity index (χ2v) is 6.96. The smallest absolute Gasteiger partial charge is 0.267 e. The van der Waals surface area contributed by atoms with Crippen LogP contribution in [0.5, 0.6) is 0 Å². The molecule has 0 radical (unpaired) electrons. The fourth-order valence-corrected chi connectivity index (χ4v) is 3.23. The molecule has 1 fully saturated rings. The van der Waals surface area contributed by atoms with Crippen LogP contribution in [0, 0.1) is 5.82 Å². The van der Waals surface area contributed by atoms with E-state index in [1.54, 1.807) is 12.1 Å². The summed E-state index contributed by atoms with van der Waals surface area (Å²) in [5.74, 6) is -0.443. The van der Waals surface area contributed by atoms with E-state index in [2.05, 4.69) is 29.0 Å². The molecule has 2 heterocycles. The summed E-state index contributed by atoms with van der Waals surface area (Å²) in [5, 5.41) is 3.72. The highest BCUT2D eigenvalue weighted by Gasteiger charge is 2.28. The van der Waals surface area contributed by atoms with Gasteiger partial charge in [0.05, 0.1) is 0 Å². The summed E-state index contributed by atoms with van der Waals surface area (Å²) in [6.07, 6.45) is 3.75. The number of fused-ring (bicyclic) bond motifs is 1. The van der Waals surface area contributed by atoms with Crippen molar-refractivity contribution < 1.29 is 9.18 Å². The molecule has 0 atom stereocenters.